The number of aromatic nitrogens is 1. The van der Waals surface area contributed by atoms with Crippen molar-refractivity contribution in [1.29, 1.82) is 0 Å². The van der Waals surface area contributed by atoms with Crippen LogP contribution in [0.1, 0.15) is 120 Å². The maximum absolute atomic E-state index is 2.74. The molecule has 36 heavy (non-hydrogen) atoms. The highest BCUT2D eigenvalue weighted by molar-refractivity contribution is 5.75. The van der Waals surface area contributed by atoms with Crippen LogP contribution in [-0.2, 0) is 17.4 Å². The summed E-state index contributed by atoms with van der Waals surface area (Å²) in [6.45, 7) is 12.1. The Balaban J connectivity index is 1.56. The molecule has 3 aliphatic carbocycles. The van der Waals surface area contributed by atoms with E-state index in [1.807, 2.05) is 0 Å². The summed E-state index contributed by atoms with van der Waals surface area (Å²) in [7, 11) is 0. The summed E-state index contributed by atoms with van der Waals surface area (Å²) in [5.74, 6) is 1.54. The van der Waals surface area contributed by atoms with Crippen LogP contribution in [0.2, 0.25) is 0 Å². The first-order valence-electron chi connectivity index (χ1n) is 14.8. The molecule has 3 aromatic rings. The van der Waals surface area contributed by atoms with Gasteiger partial charge in [0.1, 0.15) is 0 Å². The maximum Gasteiger partial charge on any atom is 0.213 e. The van der Waals surface area contributed by atoms with Crippen LogP contribution >= 0.6 is 0 Å². The summed E-state index contributed by atoms with van der Waals surface area (Å²) < 4.78 is 2.74. The van der Waals surface area contributed by atoms with Gasteiger partial charge in [0.05, 0.1) is 11.0 Å². The van der Waals surface area contributed by atoms with Crippen molar-refractivity contribution in [2.45, 2.75) is 115 Å². The predicted molar refractivity (Wildman–Crippen MR) is 152 cm³/mol. The van der Waals surface area contributed by atoms with Gasteiger partial charge in [-0.25, -0.2) is 0 Å². The van der Waals surface area contributed by atoms with Crippen molar-refractivity contribution in [2.75, 3.05) is 0 Å². The lowest BCUT2D eigenvalue weighted by Crippen LogP contribution is -2.67. The van der Waals surface area contributed by atoms with E-state index in [-0.39, 0.29) is 11.0 Å². The Bertz CT molecular complexity index is 1290. The molecule has 0 saturated heterocycles. The first-order chi connectivity index (χ1) is 17.4. The molecule has 188 valence electrons. The minimum atomic E-state index is 0.0669. The van der Waals surface area contributed by atoms with Crippen molar-refractivity contribution in [1.82, 2.24) is 0 Å². The number of rotatable bonds is 6. The summed E-state index contributed by atoms with van der Waals surface area (Å²) >= 11 is 0. The van der Waals surface area contributed by atoms with Crippen molar-refractivity contribution >= 4 is 0 Å². The second-order valence-corrected chi connectivity index (χ2v) is 12.4. The number of aryl methyl sites for hydroxylation is 1. The minimum Gasteiger partial charge on any atom is -0.192 e. The molecule has 2 aromatic carbocycles. The predicted octanol–water partition coefficient (Wildman–Crippen LogP) is 9.21. The fraction of sp³-hybridized carbons (Fsp3) is 0.514. The highest BCUT2D eigenvalue weighted by Gasteiger charge is 2.57. The molecule has 0 amide bonds. The van der Waals surface area contributed by atoms with Crippen LogP contribution in [-0.4, -0.2) is 0 Å². The zero-order valence-electron chi connectivity index (χ0n) is 23.2. The van der Waals surface area contributed by atoms with E-state index >= 15 is 0 Å². The zero-order chi connectivity index (χ0) is 25.1. The van der Waals surface area contributed by atoms with E-state index in [1.54, 1.807) is 16.7 Å². The molecule has 0 spiro atoms. The van der Waals surface area contributed by atoms with Crippen LogP contribution < -0.4 is 4.57 Å². The van der Waals surface area contributed by atoms with Crippen LogP contribution in [0.4, 0.5) is 0 Å². The van der Waals surface area contributed by atoms with Crippen molar-refractivity contribution in [3.05, 3.63) is 77.0 Å². The molecule has 1 aromatic heterocycles. The van der Waals surface area contributed by atoms with Crippen molar-refractivity contribution in [3.8, 4) is 22.4 Å². The second-order valence-electron chi connectivity index (χ2n) is 12.4. The molecular weight excluding hydrogens is 434 g/mol. The van der Waals surface area contributed by atoms with Crippen molar-refractivity contribution in [2.24, 2.45) is 0 Å². The maximum atomic E-state index is 2.74. The third-order valence-corrected chi connectivity index (χ3v) is 10.8. The molecule has 1 nitrogen and oxygen atoms in total. The van der Waals surface area contributed by atoms with Gasteiger partial charge >= 0.3 is 0 Å². The molecule has 7 rings (SSSR count). The number of hydrogen-bond donors (Lipinski definition) is 0. The van der Waals surface area contributed by atoms with Gasteiger partial charge < -0.3 is 0 Å². The van der Waals surface area contributed by atoms with Gasteiger partial charge in [-0.05, 0) is 97.6 Å². The number of fused-ring (bicyclic) bond motifs is 5. The van der Waals surface area contributed by atoms with E-state index in [0.717, 1.165) is 24.7 Å². The molecule has 2 atom stereocenters. The van der Waals surface area contributed by atoms with E-state index in [0.29, 0.717) is 0 Å². The Hall–Kier alpha value is -2.41. The summed E-state index contributed by atoms with van der Waals surface area (Å²) in [6, 6.07) is 19.3. The van der Waals surface area contributed by atoms with Gasteiger partial charge in [0.2, 0.25) is 5.69 Å². The zero-order valence-corrected chi connectivity index (χ0v) is 23.2. The highest BCUT2D eigenvalue weighted by Crippen LogP contribution is 2.54. The van der Waals surface area contributed by atoms with Crippen molar-refractivity contribution < 1.29 is 4.57 Å². The fourth-order valence-corrected chi connectivity index (χ4v) is 8.00. The average Bonchev–Trinajstić information content (AvgIpc) is 2.94. The molecule has 2 bridgehead atoms. The van der Waals surface area contributed by atoms with E-state index < -0.39 is 0 Å². The lowest BCUT2D eigenvalue weighted by Gasteiger charge is -2.47. The number of nitrogens with zero attached hydrogens (tertiary/aromatic N) is 1. The third-order valence-electron chi connectivity index (χ3n) is 10.8. The summed E-state index contributed by atoms with van der Waals surface area (Å²) in [6.07, 6.45) is 14.1. The van der Waals surface area contributed by atoms with Crippen LogP contribution in [0.5, 0.6) is 0 Å². The largest absolute Gasteiger partial charge is 0.213 e. The summed E-state index contributed by atoms with van der Waals surface area (Å²) in [5, 5.41) is 0. The van der Waals surface area contributed by atoms with Gasteiger partial charge in [0.25, 0.3) is 0 Å². The van der Waals surface area contributed by atoms with Gasteiger partial charge in [-0.15, -0.1) is 0 Å². The van der Waals surface area contributed by atoms with E-state index in [4.69, 9.17) is 0 Å². The molecule has 1 fully saturated rings. The molecule has 4 aliphatic rings. The number of unbranched alkanes of at least 4 members (excludes halogenated alkanes) is 1. The summed E-state index contributed by atoms with van der Waals surface area (Å²) in [4.78, 5) is 0. The summed E-state index contributed by atoms with van der Waals surface area (Å²) in [5.41, 5.74) is 12.1. The van der Waals surface area contributed by atoms with Crippen LogP contribution in [0.25, 0.3) is 22.4 Å². The van der Waals surface area contributed by atoms with E-state index in [1.165, 1.54) is 72.9 Å². The van der Waals surface area contributed by atoms with Gasteiger partial charge in [0, 0.05) is 25.0 Å². The quantitative estimate of drug-likeness (QED) is 0.311. The first kappa shape index (κ1) is 24.0. The number of hydrogen-bond acceptors (Lipinski definition) is 0. The highest BCUT2D eigenvalue weighted by atomic mass is 15.1. The standard InChI is InChI=1S/C35H44N/c1-6-9-11-24-12-10-13-27(20-24)28-18-19-32-30(21-28)33-22-29-25-14-16-26(17-15-25)31(29)23-36(33)35(5,8-3)34(32,4)7-2/h10,12-13,18-23,25-26H,6-9,11,14-17H2,1-5H3/q+1. The molecule has 0 N–H and O–H groups in total. The molecule has 1 heteroatoms. The monoisotopic (exact) mass is 478 g/mol. The van der Waals surface area contributed by atoms with Crippen LogP contribution in [0, 0.1) is 0 Å². The molecule has 2 unspecified atom stereocenters. The molecular formula is C35H44N+. The van der Waals surface area contributed by atoms with E-state index in [2.05, 4.69) is 93.9 Å². The normalized spacial score (nSPS) is 27.9. The van der Waals surface area contributed by atoms with Crippen LogP contribution in [0.15, 0.2) is 54.7 Å². The number of pyridine rings is 1. The van der Waals surface area contributed by atoms with Gasteiger partial charge in [-0.2, -0.15) is 4.57 Å². The fourth-order valence-electron chi connectivity index (χ4n) is 8.00. The van der Waals surface area contributed by atoms with Crippen LogP contribution in [0.3, 0.4) is 0 Å². The molecule has 1 saturated carbocycles. The molecule has 2 heterocycles. The minimum absolute atomic E-state index is 0.0669. The first-order valence-corrected chi connectivity index (χ1v) is 14.8. The topological polar surface area (TPSA) is 3.88 Å². The lowest BCUT2D eigenvalue weighted by molar-refractivity contribution is -0.765. The smallest absolute Gasteiger partial charge is 0.192 e. The average molecular weight is 479 g/mol. The van der Waals surface area contributed by atoms with Crippen molar-refractivity contribution in [3.63, 3.8) is 0 Å². The Morgan fingerprint density at radius 1 is 0.806 bits per heavy atom. The van der Waals surface area contributed by atoms with E-state index in [9.17, 15) is 0 Å². The Kier molecular flexibility index (Phi) is 5.90. The van der Waals surface area contributed by atoms with Gasteiger partial charge in [0.15, 0.2) is 11.7 Å². The SMILES string of the molecule is CCCCc1cccc(-c2ccc3c(c2)-c2cc4c(c[n+]2C(C)(CC)C3(C)CC)C2CCC4CC2)c1. The Labute approximate surface area is 219 Å². The second kappa shape index (κ2) is 8.86. The lowest BCUT2D eigenvalue weighted by atomic mass is 9.59. The number of benzene rings is 2. The Morgan fingerprint density at radius 2 is 1.53 bits per heavy atom. The third kappa shape index (κ3) is 3.37. The van der Waals surface area contributed by atoms with Gasteiger partial charge in [-0.3, -0.25) is 0 Å². The molecule has 1 aliphatic heterocycles. The Morgan fingerprint density at radius 3 is 2.22 bits per heavy atom. The van der Waals surface area contributed by atoms with Gasteiger partial charge in [-0.1, -0.05) is 63.6 Å². The molecule has 0 radical (unpaired) electrons.